The minimum atomic E-state index is -1.64. The first-order chi connectivity index (χ1) is 32.9. The highest BCUT2D eigenvalue weighted by Crippen LogP contribution is 2.21. The molecule has 1 aromatic heterocycles. The van der Waals surface area contributed by atoms with Gasteiger partial charge in [0.1, 0.15) is 41.7 Å². The van der Waals surface area contributed by atoms with Crippen molar-refractivity contribution < 1.29 is 48.6 Å². The zero-order valence-corrected chi connectivity index (χ0v) is 40.7. The molecule has 0 saturated carbocycles. The molecule has 1 saturated heterocycles. The molecule has 0 radical (unpaired) electrons. The van der Waals surface area contributed by atoms with Crippen LogP contribution in [0.5, 0.6) is 5.75 Å². The number of primary amides is 1. The molecule has 3 unspecified atom stereocenters. The van der Waals surface area contributed by atoms with E-state index in [9.17, 15) is 48.6 Å². The lowest BCUT2D eigenvalue weighted by Crippen LogP contribution is -2.60. The Balaban J connectivity index is 1.72. The summed E-state index contributed by atoms with van der Waals surface area (Å²) in [6, 6.07) is 6.54. The molecule has 4 rings (SSSR count). The lowest BCUT2D eigenvalue weighted by molar-refractivity contribution is -0.140. The fourth-order valence-electron chi connectivity index (χ4n) is 8.47. The van der Waals surface area contributed by atoms with E-state index in [1.165, 1.54) is 24.0 Å². The van der Waals surface area contributed by atoms with Crippen molar-refractivity contribution in [3.8, 4) is 5.75 Å². The van der Waals surface area contributed by atoms with Gasteiger partial charge in [0, 0.05) is 48.8 Å². The number of aromatic nitrogens is 1. The first-order valence-corrected chi connectivity index (χ1v) is 24.1. The molecule has 2 aromatic carbocycles. The Hall–Kier alpha value is -6.34. The third-order valence-electron chi connectivity index (χ3n) is 12.3. The van der Waals surface area contributed by atoms with Crippen LogP contribution in [0, 0.1) is 11.8 Å². The number of rotatable bonds is 13. The minimum absolute atomic E-state index is 0.0346. The van der Waals surface area contributed by atoms with Gasteiger partial charge in [-0.3, -0.25) is 38.4 Å². The van der Waals surface area contributed by atoms with Gasteiger partial charge in [-0.05, 0) is 107 Å². The van der Waals surface area contributed by atoms with Crippen LogP contribution in [0.3, 0.4) is 0 Å². The number of aliphatic hydroxyl groups is 1. The summed E-state index contributed by atoms with van der Waals surface area (Å²) in [6.07, 6.45) is 4.99. The van der Waals surface area contributed by atoms with Crippen LogP contribution in [0.25, 0.3) is 10.9 Å². The molecule has 0 spiro atoms. The number of nitrogens with two attached hydrogens (primary N) is 1. The van der Waals surface area contributed by atoms with Crippen LogP contribution in [0.1, 0.15) is 96.6 Å². The number of aromatic amines is 1. The van der Waals surface area contributed by atoms with E-state index in [1.807, 2.05) is 52.1 Å². The Morgan fingerprint density at radius 2 is 1.30 bits per heavy atom. The van der Waals surface area contributed by atoms with Crippen molar-refractivity contribution in [3.63, 3.8) is 0 Å². The maximum absolute atomic E-state index is 14.4. The number of nitrogens with one attached hydrogen (secondary N) is 6. The Morgan fingerprint density at radius 1 is 0.739 bits per heavy atom. The van der Waals surface area contributed by atoms with E-state index < -0.39 is 78.2 Å². The first-order valence-electron chi connectivity index (χ1n) is 24.1. The SMILES string of the molecule is CCC1CCCCN(C)CCCCN(CC(C)=O)C(=O)[C@H](CC(C)C)NC(=O)C(Cc2ccc(O)cc2)NC(=O)[C@H](CCC(N)=O)NC(=O)C(CO)NC(=O)[C@H](Cc2c[nH]c3ccccc23)NC1=O. The molecule has 0 bridgehead atoms. The van der Waals surface area contributed by atoms with E-state index in [4.69, 9.17) is 5.73 Å². The standard InChI is InChI=1S/C50H73N9O10/c1-6-34-13-9-10-22-58(5)23-11-12-24-59(29-32(4)61)50(69)42(25-31(2)3)56-47(66)40(26-33-16-18-36(62)19-17-33)55-46(65)39(20-21-44(51)63)53-49(68)43(30-60)57-48(67)41(54-45(34)64)27-35-28-52-38-15-8-7-14-37(35)38/h7-8,14-19,28,31,34,39-43,52,60,62H,6,9-13,20-27,29-30H2,1-5H3,(H2,51,63)(H,53,68)(H,54,64)(H,55,65)(H,56,66)(H,57,67)/t34?,39-,40?,41-,42-,43?/m0/s1. The number of hydrogen-bond donors (Lipinski definition) is 9. The van der Waals surface area contributed by atoms with Crippen molar-refractivity contribution in [2.45, 2.75) is 129 Å². The number of hydrogen-bond acceptors (Lipinski definition) is 11. The van der Waals surface area contributed by atoms with E-state index in [1.54, 1.807) is 18.3 Å². The predicted molar refractivity (Wildman–Crippen MR) is 260 cm³/mol. The number of Topliss-reactive ketones (excluding diaryl/α,β-unsaturated/α-hetero) is 1. The van der Waals surface area contributed by atoms with Crippen LogP contribution in [0.15, 0.2) is 54.7 Å². The van der Waals surface area contributed by atoms with Gasteiger partial charge < -0.3 is 57.3 Å². The highest BCUT2D eigenvalue weighted by molar-refractivity contribution is 5.97. The van der Waals surface area contributed by atoms with Crippen LogP contribution < -0.4 is 32.3 Å². The normalized spacial score (nSPS) is 23.1. The van der Waals surface area contributed by atoms with Gasteiger partial charge in [-0.25, -0.2) is 0 Å². The quantitative estimate of drug-likeness (QED) is 0.119. The van der Waals surface area contributed by atoms with Crippen molar-refractivity contribution in [1.29, 1.82) is 0 Å². The van der Waals surface area contributed by atoms with E-state index in [0.29, 0.717) is 37.8 Å². The number of H-pyrrole nitrogens is 1. The Labute approximate surface area is 404 Å². The molecule has 1 aliphatic heterocycles. The third kappa shape index (κ3) is 17.9. The summed E-state index contributed by atoms with van der Waals surface area (Å²) < 4.78 is 0. The van der Waals surface area contributed by atoms with Crippen LogP contribution >= 0.6 is 0 Å². The lowest BCUT2D eigenvalue weighted by Gasteiger charge is -2.30. The Morgan fingerprint density at radius 3 is 1.94 bits per heavy atom. The highest BCUT2D eigenvalue weighted by atomic mass is 16.3. The van der Waals surface area contributed by atoms with Gasteiger partial charge in [0.25, 0.3) is 0 Å². The summed E-state index contributed by atoms with van der Waals surface area (Å²) in [5, 5.41) is 34.8. The fourth-order valence-corrected chi connectivity index (χ4v) is 8.47. The Bertz CT molecular complexity index is 2210. The third-order valence-corrected chi connectivity index (χ3v) is 12.3. The number of benzene rings is 2. The van der Waals surface area contributed by atoms with Crippen LogP contribution in [0.2, 0.25) is 0 Å². The van der Waals surface area contributed by atoms with Crippen molar-refractivity contribution in [2.24, 2.45) is 17.6 Å². The number of aromatic hydroxyl groups is 1. The maximum Gasteiger partial charge on any atom is 0.245 e. The number of aliphatic hydroxyl groups excluding tert-OH is 1. The fraction of sp³-hybridized carbons (Fsp3) is 0.560. The molecule has 7 amide bonds. The zero-order chi connectivity index (χ0) is 50.6. The van der Waals surface area contributed by atoms with Gasteiger partial charge in [0.2, 0.25) is 41.4 Å². The average Bonchev–Trinajstić information content (AvgIpc) is 3.71. The summed E-state index contributed by atoms with van der Waals surface area (Å²) in [5.41, 5.74) is 7.53. The number of fused-ring (bicyclic) bond motifs is 1. The molecular formula is C50H73N9O10. The van der Waals surface area contributed by atoms with Gasteiger partial charge in [-0.15, -0.1) is 0 Å². The van der Waals surface area contributed by atoms with Gasteiger partial charge in [0.15, 0.2) is 0 Å². The molecule has 378 valence electrons. The van der Waals surface area contributed by atoms with Crippen LogP contribution in [-0.4, -0.2) is 142 Å². The number of nitrogens with zero attached hydrogens (tertiary/aromatic N) is 2. The van der Waals surface area contributed by atoms with Crippen molar-refractivity contribution in [2.75, 3.05) is 39.8 Å². The molecule has 0 aliphatic carbocycles. The summed E-state index contributed by atoms with van der Waals surface area (Å²) >= 11 is 0. The van der Waals surface area contributed by atoms with Crippen LogP contribution in [-0.2, 0) is 51.2 Å². The average molecular weight is 960 g/mol. The molecule has 69 heavy (non-hydrogen) atoms. The van der Waals surface area contributed by atoms with Crippen molar-refractivity contribution in [3.05, 3.63) is 65.9 Å². The molecule has 6 atom stereocenters. The van der Waals surface area contributed by atoms with Gasteiger partial charge >= 0.3 is 0 Å². The molecule has 10 N–H and O–H groups in total. The maximum atomic E-state index is 14.4. The molecule has 2 heterocycles. The topological polar surface area (TPSA) is 285 Å². The molecule has 19 nitrogen and oxygen atoms in total. The van der Waals surface area contributed by atoms with Gasteiger partial charge in [0.05, 0.1) is 13.2 Å². The number of phenols is 1. The van der Waals surface area contributed by atoms with E-state index in [2.05, 4.69) is 36.5 Å². The monoisotopic (exact) mass is 960 g/mol. The van der Waals surface area contributed by atoms with Crippen molar-refractivity contribution in [1.82, 2.24) is 41.4 Å². The number of para-hydroxylation sites is 1. The second-order valence-corrected chi connectivity index (χ2v) is 18.6. The largest absolute Gasteiger partial charge is 0.508 e. The van der Waals surface area contributed by atoms with Gasteiger partial charge in [-0.1, -0.05) is 57.5 Å². The molecular weight excluding hydrogens is 887 g/mol. The number of phenolic OH excluding ortho intramolecular Hbond substituents is 1. The summed E-state index contributed by atoms with van der Waals surface area (Å²) in [5.74, 6) is -5.86. The summed E-state index contributed by atoms with van der Waals surface area (Å²) in [6.45, 7) is 7.68. The lowest BCUT2D eigenvalue weighted by atomic mass is 9.96. The minimum Gasteiger partial charge on any atom is -0.508 e. The molecule has 1 aliphatic rings. The van der Waals surface area contributed by atoms with E-state index in [0.717, 1.165) is 35.9 Å². The zero-order valence-electron chi connectivity index (χ0n) is 40.7. The first kappa shape index (κ1) is 55.3. The number of ketones is 1. The van der Waals surface area contributed by atoms with Crippen molar-refractivity contribution >= 4 is 58.0 Å². The summed E-state index contributed by atoms with van der Waals surface area (Å²) in [7, 11) is 1.99. The molecule has 1 fully saturated rings. The van der Waals surface area contributed by atoms with Gasteiger partial charge in [-0.2, -0.15) is 0 Å². The number of amides is 7. The Kier molecular flexibility index (Phi) is 22.1. The van der Waals surface area contributed by atoms with E-state index >= 15 is 0 Å². The highest BCUT2D eigenvalue weighted by Gasteiger charge is 2.35. The number of carbonyl (C=O) groups is 8. The molecule has 3 aromatic rings. The van der Waals surface area contributed by atoms with Crippen LogP contribution in [0.4, 0.5) is 0 Å². The molecule has 19 heteroatoms. The van der Waals surface area contributed by atoms with E-state index in [-0.39, 0.29) is 68.6 Å². The predicted octanol–water partition coefficient (Wildman–Crippen LogP) is 1.73. The number of carbonyl (C=O) groups excluding carboxylic acids is 8. The second-order valence-electron chi connectivity index (χ2n) is 18.6. The summed E-state index contributed by atoms with van der Waals surface area (Å²) in [4.78, 5) is 116. The second kappa shape index (κ2) is 27.6. The smallest absolute Gasteiger partial charge is 0.245 e.